The first-order chi connectivity index (χ1) is 9.97. The zero-order valence-electron chi connectivity index (χ0n) is 13.4. The number of rotatable bonds is 4. The van der Waals surface area contributed by atoms with Gasteiger partial charge in [-0.15, -0.1) is 0 Å². The molecule has 2 rings (SSSR count). The van der Waals surface area contributed by atoms with Crippen LogP contribution in [0.1, 0.15) is 50.4 Å². The largest absolute Gasteiger partial charge is 1.00 e. The smallest absolute Gasteiger partial charge is 0.338 e. The lowest BCUT2D eigenvalue weighted by atomic mass is 9.97. The Morgan fingerprint density at radius 3 is 2.59 bits per heavy atom. The molecule has 1 heterocycles. The van der Waals surface area contributed by atoms with Crippen molar-refractivity contribution in [3.05, 3.63) is 35.6 Å². The van der Waals surface area contributed by atoms with Crippen molar-refractivity contribution in [1.82, 2.24) is 4.90 Å². The molecule has 1 saturated heterocycles. The van der Waals surface area contributed by atoms with Gasteiger partial charge >= 0.3 is 5.97 Å². The zero-order valence-corrected chi connectivity index (χ0v) is 14.1. The van der Waals surface area contributed by atoms with Gasteiger partial charge in [-0.25, -0.2) is 9.18 Å². The second-order valence-corrected chi connectivity index (χ2v) is 6.05. The highest BCUT2D eigenvalue weighted by Gasteiger charge is 2.27. The number of benzene rings is 1. The Morgan fingerprint density at radius 1 is 1.36 bits per heavy atom. The van der Waals surface area contributed by atoms with E-state index in [9.17, 15) is 9.18 Å². The van der Waals surface area contributed by atoms with Crippen LogP contribution in [-0.4, -0.2) is 35.6 Å². The number of ether oxygens (including phenoxy) is 1. The lowest BCUT2D eigenvalue weighted by Crippen LogP contribution is -3.00. The molecule has 3 nitrogen and oxygen atoms in total. The van der Waals surface area contributed by atoms with Crippen LogP contribution < -0.4 is 12.4 Å². The summed E-state index contributed by atoms with van der Waals surface area (Å²) in [6.07, 6.45) is 3.43. The molecule has 0 bridgehead atoms. The average Bonchev–Trinajstić information content (AvgIpc) is 2.43. The molecule has 1 aromatic carbocycles. The Balaban J connectivity index is 0.00000242. The summed E-state index contributed by atoms with van der Waals surface area (Å²) in [6.45, 7) is 7.06. The van der Waals surface area contributed by atoms with Crippen molar-refractivity contribution in [3.8, 4) is 0 Å². The van der Waals surface area contributed by atoms with Crippen LogP contribution in [0.2, 0.25) is 0 Å². The second kappa shape index (κ2) is 8.49. The van der Waals surface area contributed by atoms with Crippen LogP contribution in [0.4, 0.5) is 4.39 Å². The molecule has 3 atom stereocenters. The van der Waals surface area contributed by atoms with Crippen molar-refractivity contribution in [3.63, 3.8) is 0 Å². The lowest BCUT2D eigenvalue weighted by molar-refractivity contribution is -0.0000734. The van der Waals surface area contributed by atoms with Gasteiger partial charge in [0.25, 0.3) is 0 Å². The van der Waals surface area contributed by atoms with E-state index in [4.69, 9.17) is 4.74 Å². The number of hydrogen-bond acceptors (Lipinski definition) is 3. The highest BCUT2D eigenvalue weighted by atomic mass is 35.5. The summed E-state index contributed by atoms with van der Waals surface area (Å²) in [5.41, 5.74) is 0.265. The van der Waals surface area contributed by atoms with Gasteiger partial charge < -0.3 is 17.1 Å². The van der Waals surface area contributed by atoms with E-state index < -0.39 is 11.8 Å². The predicted octanol–water partition coefficient (Wildman–Crippen LogP) is 0.638. The molecule has 22 heavy (non-hydrogen) atoms. The SMILES string of the molecule is CC(CN1C(C)CCCC1C)OC(=O)c1cccc(F)c1.[Cl-]. The maximum Gasteiger partial charge on any atom is 0.338 e. The number of nitrogens with zero attached hydrogens (tertiary/aromatic N) is 1. The lowest BCUT2D eigenvalue weighted by Gasteiger charge is -2.40. The normalized spacial score (nSPS) is 23.5. The molecule has 0 N–H and O–H groups in total. The van der Waals surface area contributed by atoms with Gasteiger partial charge in [0.2, 0.25) is 0 Å². The molecule has 1 fully saturated rings. The van der Waals surface area contributed by atoms with E-state index >= 15 is 0 Å². The fourth-order valence-corrected chi connectivity index (χ4v) is 3.04. The van der Waals surface area contributed by atoms with Crippen LogP contribution in [0, 0.1) is 5.82 Å². The minimum Gasteiger partial charge on any atom is -1.00 e. The first-order valence-corrected chi connectivity index (χ1v) is 7.69. The predicted molar refractivity (Wildman–Crippen MR) is 80.8 cm³/mol. The number of esters is 1. The van der Waals surface area contributed by atoms with Crippen molar-refractivity contribution < 1.29 is 26.3 Å². The summed E-state index contributed by atoms with van der Waals surface area (Å²) in [6, 6.07) is 6.65. The van der Waals surface area contributed by atoms with Crippen LogP contribution in [0.15, 0.2) is 24.3 Å². The van der Waals surface area contributed by atoms with E-state index in [0.29, 0.717) is 12.1 Å². The molecular weight excluding hydrogens is 305 g/mol. The molecular formula is C17H24ClFNO2-. The third-order valence-electron chi connectivity index (χ3n) is 4.21. The number of carbonyl (C=O) groups is 1. The summed E-state index contributed by atoms with van der Waals surface area (Å²) in [5, 5.41) is 0. The molecule has 124 valence electrons. The van der Waals surface area contributed by atoms with E-state index in [1.54, 1.807) is 6.07 Å². The van der Waals surface area contributed by atoms with Gasteiger partial charge in [-0.2, -0.15) is 0 Å². The third-order valence-corrected chi connectivity index (χ3v) is 4.21. The summed E-state index contributed by atoms with van der Waals surface area (Å²) in [5.74, 6) is -0.880. The molecule has 0 saturated carbocycles. The molecule has 5 heteroatoms. The second-order valence-electron chi connectivity index (χ2n) is 6.05. The molecule has 0 radical (unpaired) electrons. The molecule has 1 aliphatic rings. The minimum atomic E-state index is -0.459. The third kappa shape index (κ3) is 4.96. The van der Waals surface area contributed by atoms with Crippen molar-refractivity contribution >= 4 is 5.97 Å². The maximum absolute atomic E-state index is 13.1. The van der Waals surface area contributed by atoms with Crippen molar-refractivity contribution in [2.24, 2.45) is 0 Å². The van der Waals surface area contributed by atoms with Crippen molar-refractivity contribution in [2.45, 2.75) is 58.2 Å². The van der Waals surface area contributed by atoms with Gasteiger partial charge in [0.1, 0.15) is 11.9 Å². The van der Waals surface area contributed by atoms with Crippen molar-refractivity contribution in [2.75, 3.05) is 6.54 Å². The van der Waals surface area contributed by atoms with Crippen LogP contribution >= 0.6 is 0 Å². The first kappa shape index (κ1) is 18.9. The molecule has 0 spiro atoms. The first-order valence-electron chi connectivity index (χ1n) is 7.69. The topological polar surface area (TPSA) is 29.5 Å². The van der Waals surface area contributed by atoms with Gasteiger partial charge in [0.15, 0.2) is 0 Å². The van der Waals surface area contributed by atoms with E-state index in [2.05, 4.69) is 18.7 Å². The summed E-state index contributed by atoms with van der Waals surface area (Å²) < 4.78 is 18.6. The summed E-state index contributed by atoms with van der Waals surface area (Å²) in [7, 11) is 0. The fourth-order valence-electron chi connectivity index (χ4n) is 3.04. The number of halogens is 2. The number of piperidine rings is 1. The van der Waals surface area contributed by atoms with E-state index in [-0.39, 0.29) is 24.1 Å². The Bertz CT molecular complexity index is 487. The van der Waals surface area contributed by atoms with Crippen LogP contribution in [0.3, 0.4) is 0 Å². The van der Waals surface area contributed by atoms with E-state index in [0.717, 1.165) is 6.54 Å². The number of carbonyl (C=O) groups excluding carboxylic acids is 1. The Morgan fingerprint density at radius 2 is 2.00 bits per heavy atom. The fraction of sp³-hybridized carbons (Fsp3) is 0.588. The average molecular weight is 329 g/mol. The Labute approximate surface area is 138 Å². The molecule has 0 amide bonds. The van der Waals surface area contributed by atoms with Crippen molar-refractivity contribution in [1.29, 1.82) is 0 Å². The highest BCUT2D eigenvalue weighted by Crippen LogP contribution is 2.23. The van der Waals surface area contributed by atoms with Crippen LogP contribution in [0.5, 0.6) is 0 Å². The molecule has 0 aromatic heterocycles. The summed E-state index contributed by atoms with van der Waals surface area (Å²) >= 11 is 0. The Hall–Kier alpha value is -1.13. The van der Waals surface area contributed by atoms with Gasteiger partial charge in [-0.05, 0) is 51.8 Å². The van der Waals surface area contributed by atoms with Gasteiger partial charge in [-0.3, -0.25) is 4.90 Å². The maximum atomic E-state index is 13.1. The van der Waals surface area contributed by atoms with Gasteiger partial charge in [0.05, 0.1) is 5.56 Å². The minimum absolute atomic E-state index is 0. The van der Waals surface area contributed by atoms with Crippen LogP contribution in [0.25, 0.3) is 0 Å². The number of hydrogen-bond donors (Lipinski definition) is 0. The van der Waals surface area contributed by atoms with Gasteiger partial charge in [-0.1, -0.05) is 12.5 Å². The zero-order chi connectivity index (χ0) is 15.4. The van der Waals surface area contributed by atoms with Gasteiger partial charge in [0, 0.05) is 18.6 Å². The van der Waals surface area contributed by atoms with E-state index in [1.807, 2.05) is 6.92 Å². The van der Waals surface area contributed by atoms with E-state index in [1.165, 1.54) is 37.5 Å². The highest BCUT2D eigenvalue weighted by molar-refractivity contribution is 5.89. The standard InChI is InChI=1S/C17H24FNO2.ClH/c1-12-6-4-7-13(2)19(12)11-14(3)21-17(20)15-8-5-9-16(18)10-15;/h5,8-10,12-14H,4,6-7,11H2,1-3H3;1H/p-1. The summed E-state index contributed by atoms with van der Waals surface area (Å²) in [4.78, 5) is 14.4. The molecule has 1 aromatic rings. The molecule has 1 aliphatic heterocycles. The Kier molecular flexibility index (Phi) is 7.30. The molecule has 3 unspecified atom stereocenters. The quantitative estimate of drug-likeness (QED) is 0.760. The monoisotopic (exact) mass is 328 g/mol. The number of likely N-dealkylation sites (tertiary alicyclic amines) is 1. The van der Waals surface area contributed by atoms with Crippen LogP contribution in [-0.2, 0) is 4.74 Å². The molecule has 0 aliphatic carbocycles.